The highest BCUT2D eigenvalue weighted by Crippen LogP contribution is 2.57. The van der Waals surface area contributed by atoms with E-state index in [2.05, 4.69) is 22.6 Å². The van der Waals surface area contributed by atoms with Gasteiger partial charge in [0.25, 0.3) is 0 Å². The molecule has 2 aromatic rings. The molecule has 1 aliphatic carbocycles. The first kappa shape index (κ1) is 18.2. The number of carbonyl (C=O) groups is 2. The summed E-state index contributed by atoms with van der Waals surface area (Å²) in [5, 5.41) is 0. The minimum absolute atomic E-state index is 0.218. The van der Waals surface area contributed by atoms with E-state index in [4.69, 9.17) is 9.47 Å². The first-order valence-electron chi connectivity index (χ1n) is 8.92. The van der Waals surface area contributed by atoms with Gasteiger partial charge in [-0.25, -0.2) is 0 Å². The molecule has 2 aromatic carbocycles. The lowest BCUT2D eigenvalue weighted by molar-refractivity contribution is -0.170. The Hall–Kier alpha value is -2.15. The topological polar surface area (TPSA) is 52.6 Å². The zero-order valence-corrected chi connectivity index (χ0v) is 17.3. The molecule has 5 heteroatoms. The SMILES string of the molecule is CCOC(=O)[C@]12Cc3ccccc3C1=C(I)[C@H](c1ccc(C)cc1)OC2=O. The van der Waals surface area contributed by atoms with Crippen molar-refractivity contribution in [2.45, 2.75) is 26.4 Å². The second-order valence-corrected chi connectivity index (χ2v) is 8.04. The van der Waals surface area contributed by atoms with Gasteiger partial charge in [0.2, 0.25) is 0 Å². The van der Waals surface area contributed by atoms with Crippen LogP contribution in [0.3, 0.4) is 0 Å². The fourth-order valence-corrected chi connectivity index (χ4v) is 5.12. The van der Waals surface area contributed by atoms with Gasteiger partial charge in [0.05, 0.1) is 6.61 Å². The van der Waals surface area contributed by atoms with Crippen molar-refractivity contribution in [1.82, 2.24) is 0 Å². The quantitative estimate of drug-likeness (QED) is 0.373. The summed E-state index contributed by atoms with van der Waals surface area (Å²) in [5.74, 6) is -1.06. The standard InChI is InChI=1S/C22H19IO4/c1-3-26-20(24)22-12-15-6-4-5-7-16(15)17(22)18(23)19(27-21(22)25)14-10-8-13(2)9-11-14/h4-11,19H,3,12H2,1-2H3/t19-,22-/m0/s1. The van der Waals surface area contributed by atoms with Crippen LogP contribution in [0.25, 0.3) is 5.57 Å². The highest BCUT2D eigenvalue weighted by molar-refractivity contribution is 14.1. The van der Waals surface area contributed by atoms with Crippen molar-refractivity contribution < 1.29 is 19.1 Å². The normalized spacial score (nSPS) is 23.5. The maximum absolute atomic E-state index is 13.2. The Balaban J connectivity index is 1.93. The van der Waals surface area contributed by atoms with Crippen LogP contribution >= 0.6 is 22.6 Å². The zero-order chi connectivity index (χ0) is 19.2. The maximum Gasteiger partial charge on any atom is 0.329 e. The van der Waals surface area contributed by atoms with Gasteiger partial charge >= 0.3 is 11.9 Å². The Morgan fingerprint density at radius 2 is 1.93 bits per heavy atom. The van der Waals surface area contributed by atoms with Crippen molar-refractivity contribution in [3.05, 3.63) is 74.4 Å². The van der Waals surface area contributed by atoms with Crippen LogP contribution in [0.5, 0.6) is 0 Å². The number of benzene rings is 2. The van der Waals surface area contributed by atoms with Crippen molar-refractivity contribution >= 4 is 40.1 Å². The summed E-state index contributed by atoms with van der Waals surface area (Å²) in [7, 11) is 0. The minimum Gasteiger partial charge on any atom is -0.465 e. The summed E-state index contributed by atoms with van der Waals surface area (Å²) in [6.45, 7) is 3.98. The predicted molar refractivity (Wildman–Crippen MR) is 110 cm³/mol. The van der Waals surface area contributed by atoms with Crippen LogP contribution in [-0.4, -0.2) is 18.5 Å². The van der Waals surface area contributed by atoms with Crippen molar-refractivity contribution in [3.63, 3.8) is 0 Å². The number of hydrogen-bond donors (Lipinski definition) is 0. The van der Waals surface area contributed by atoms with Crippen LogP contribution < -0.4 is 0 Å². The van der Waals surface area contributed by atoms with Gasteiger partial charge in [-0.1, -0.05) is 54.1 Å². The molecule has 0 bridgehead atoms. The van der Waals surface area contributed by atoms with E-state index in [1.807, 2.05) is 55.5 Å². The van der Waals surface area contributed by atoms with Gasteiger partial charge < -0.3 is 9.47 Å². The summed E-state index contributed by atoms with van der Waals surface area (Å²) < 4.78 is 12.0. The molecule has 1 aliphatic heterocycles. The molecule has 0 spiro atoms. The van der Waals surface area contributed by atoms with Gasteiger partial charge in [0.15, 0.2) is 11.5 Å². The van der Waals surface area contributed by atoms with Crippen LogP contribution in [-0.2, 0) is 25.5 Å². The molecule has 0 N–H and O–H groups in total. The van der Waals surface area contributed by atoms with Gasteiger partial charge in [-0.3, -0.25) is 9.59 Å². The Bertz CT molecular complexity index is 961. The van der Waals surface area contributed by atoms with Crippen LogP contribution in [0.1, 0.15) is 35.3 Å². The van der Waals surface area contributed by atoms with Gasteiger partial charge in [0, 0.05) is 15.6 Å². The Morgan fingerprint density at radius 1 is 1.22 bits per heavy atom. The fraction of sp³-hybridized carbons (Fsp3) is 0.273. The molecule has 2 aliphatic rings. The molecule has 2 atom stereocenters. The third-order valence-corrected chi connectivity index (χ3v) is 6.32. The average molecular weight is 474 g/mol. The number of aryl methyl sites for hydroxylation is 1. The number of rotatable bonds is 3. The summed E-state index contributed by atoms with van der Waals surface area (Å²) in [6, 6.07) is 15.7. The second-order valence-electron chi connectivity index (χ2n) is 6.88. The number of hydrogen-bond acceptors (Lipinski definition) is 4. The maximum atomic E-state index is 13.2. The average Bonchev–Trinajstić information content (AvgIpc) is 3.03. The van der Waals surface area contributed by atoms with Crippen molar-refractivity contribution in [2.24, 2.45) is 5.41 Å². The van der Waals surface area contributed by atoms with E-state index in [1.54, 1.807) is 6.92 Å². The lowest BCUT2D eigenvalue weighted by atomic mass is 9.77. The molecule has 0 unspecified atom stereocenters. The summed E-state index contributed by atoms with van der Waals surface area (Å²) >= 11 is 2.22. The molecule has 4 nitrogen and oxygen atoms in total. The van der Waals surface area contributed by atoms with Crippen molar-refractivity contribution in [3.8, 4) is 0 Å². The van der Waals surface area contributed by atoms with E-state index in [1.165, 1.54) is 0 Å². The van der Waals surface area contributed by atoms with E-state index in [9.17, 15) is 9.59 Å². The number of carbonyl (C=O) groups excluding carboxylic acids is 2. The second kappa shape index (κ2) is 6.78. The predicted octanol–water partition coefficient (Wildman–Crippen LogP) is 4.54. The third kappa shape index (κ3) is 2.71. The Kier molecular flexibility index (Phi) is 4.58. The fourth-order valence-electron chi connectivity index (χ4n) is 3.89. The molecular formula is C22H19IO4. The van der Waals surface area contributed by atoms with Gasteiger partial charge in [-0.15, -0.1) is 0 Å². The van der Waals surface area contributed by atoms with E-state index in [0.29, 0.717) is 0 Å². The monoisotopic (exact) mass is 474 g/mol. The zero-order valence-electron chi connectivity index (χ0n) is 15.1. The number of fused-ring (bicyclic) bond motifs is 3. The van der Waals surface area contributed by atoms with Crippen LogP contribution in [0, 0.1) is 12.3 Å². The molecule has 1 heterocycles. The summed E-state index contributed by atoms with van der Waals surface area (Å²) in [6.07, 6.45) is -0.231. The molecular weight excluding hydrogens is 455 g/mol. The minimum atomic E-state index is -1.41. The first-order valence-corrected chi connectivity index (χ1v) is 10.00. The lowest BCUT2D eigenvalue weighted by Gasteiger charge is -2.35. The summed E-state index contributed by atoms with van der Waals surface area (Å²) in [4.78, 5) is 26.2. The molecule has 4 rings (SSSR count). The third-order valence-electron chi connectivity index (χ3n) is 5.22. The highest BCUT2D eigenvalue weighted by Gasteiger charge is 2.60. The summed E-state index contributed by atoms with van der Waals surface area (Å²) in [5.41, 5.74) is 3.26. The number of ether oxygens (including phenoxy) is 2. The molecule has 0 saturated carbocycles. The van der Waals surface area contributed by atoms with Gasteiger partial charge in [0.1, 0.15) is 0 Å². The van der Waals surface area contributed by atoms with E-state index in [0.717, 1.165) is 31.4 Å². The van der Waals surface area contributed by atoms with E-state index < -0.39 is 23.5 Å². The van der Waals surface area contributed by atoms with Crippen molar-refractivity contribution in [2.75, 3.05) is 6.61 Å². The molecule has 0 aromatic heterocycles. The Morgan fingerprint density at radius 3 is 2.63 bits per heavy atom. The largest absolute Gasteiger partial charge is 0.465 e. The van der Waals surface area contributed by atoms with Crippen LogP contribution in [0.4, 0.5) is 0 Å². The lowest BCUT2D eigenvalue weighted by Crippen LogP contribution is -2.45. The molecule has 0 amide bonds. The molecule has 0 fully saturated rings. The highest BCUT2D eigenvalue weighted by atomic mass is 127. The number of esters is 2. The Labute approximate surface area is 171 Å². The molecule has 0 saturated heterocycles. The van der Waals surface area contributed by atoms with Gasteiger partial charge in [-0.2, -0.15) is 0 Å². The van der Waals surface area contributed by atoms with E-state index >= 15 is 0 Å². The molecule has 0 radical (unpaired) electrons. The van der Waals surface area contributed by atoms with Crippen LogP contribution in [0.2, 0.25) is 0 Å². The molecule has 138 valence electrons. The smallest absolute Gasteiger partial charge is 0.329 e. The number of halogens is 1. The molecule has 27 heavy (non-hydrogen) atoms. The van der Waals surface area contributed by atoms with Crippen molar-refractivity contribution in [1.29, 1.82) is 0 Å². The van der Waals surface area contributed by atoms with Crippen LogP contribution in [0.15, 0.2) is 52.1 Å². The number of cyclic esters (lactones) is 1. The first-order chi connectivity index (χ1) is 13.0. The van der Waals surface area contributed by atoms with E-state index in [-0.39, 0.29) is 13.0 Å². The van der Waals surface area contributed by atoms with Gasteiger partial charge in [-0.05, 0) is 53.1 Å².